The molecule has 0 saturated heterocycles. The Morgan fingerprint density at radius 3 is 3.00 bits per heavy atom. The second-order valence-corrected chi connectivity index (χ2v) is 2.16. The maximum atomic E-state index is 3.80. The van der Waals surface area contributed by atoms with E-state index in [-0.39, 0.29) is 0 Å². The lowest BCUT2D eigenvalue weighted by molar-refractivity contribution is 0.683. The Kier molecular flexibility index (Phi) is 1.77. The summed E-state index contributed by atoms with van der Waals surface area (Å²) < 4.78 is 0. The Morgan fingerprint density at radius 2 is 2.56 bits per heavy atom. The molecule has 1 atom stereocenters. The molecule has 9 heavy (non-hydrogen) atoms. The van der Waals surface area contributed by atoms with Gasteiger partial charge in [-0.2, -0.15) is 0 Å². The number of rotatable bonds is 2. The topological polar surface area (TPSA) is 54.5 Å². The molecule has 0 bridgehead atoms. The first kappa shape index (κ1) is 6.19. The quantitative estimate of drug-likeness (QED) is 0.614. The molecule has 1 N–H and O–H groups in total. The van der Waals surface area contributed by atoms with Crippen molar-refractivity contribution in [2.75, 3.05) is 0 Å². The van der Waals surface area contributed by atoms with Crippen LogP contribution in [-0.4, -0.2) is 20.6 Å². The number of nitrogens with zero attached hydrogens (tertiary/aromatic N) is 3. The van der Waals surface area contributed by atoms with Crippen molar-refractivity contribution in [3.05, 3.63) is 12.7 Å². The fourth-order valence-corrected chi connectivity index (χ4v) is 0.595. The molecule has 0 aliphatic carbocycles. The molecule has 1 aromatic heterocycles. The third kappa shape index (κ3) is 1.79. The molecular formula is C5H9N4. The highest BCUT2D eigenvalue weighted by atomic mass is 15.5. The highest BCUT2D eigenvalue weighted by Gasteiger charge is 1.98. The van der Waals surface area contributed by atoms with Gasteiger partial charge in [-0.05, 0) is 16.3 Å². The summed E-state index contributed by atoms with van der Waals surface area (Å²) in [6.07, 6.45) is 0.812. The summed E-state index contributed by atoms with van der Waals surface area (Å²) >= 11 is 0. The molecule has 0 spiro atoms. The van der Waals surface area contributed by atoms with Crippen LogP contribution < -0.4 is 0 Å². The molecule has 1 heterocycles. The van der Waals surface area contributed by atoms with Gasteiger partial charge in [-0.25, -0.2) is 5.10 Å². The first-order chi connectivity index (χ1) is 4.29. The normalized spacial score (nSPS) is 10.6. The molecule has 0 fully saturated rings. The molecular weight excluding hydrogens is 116 g/mol. The van der Waals surface area contributed by atoms with Gasteiger partial charge in [0.25, 0.3) is 0 Å². The van der Waals surface area contributed by atoms with Gasteiger partial charge >= 0.3 is 0 Å². The van der Waals surface area contributed by atoms with Crippen LogP contribution in [0.1, 0.15) is 12.7 Å². The van der Waals surface area contributed by atoms with E-state index in [9.17, 15) is 0 Å². The first-order valence-electron chi connectivity index (χ1n) is 2.84. The number of H-pyrrole nitrogens is 1. The lowest BCUT2D eigenvalue weighted by Gasteiger charge is -1.95. The molecule has 0 aromatic carbocycles. The van der Waals surface area contributed by atoms with E-state index >= 15 is 0 Å². The van der Waals surface area contributed by atoms with Gasteiger partial charge in [0.2, 0.25) is 0 Å². The Bertz CT molecular complexity index is 155. The summed E-state index contributed by atoms with van der Waals surface area (Å²) in [6.45, 7) is 5.81. The van der Waals surface area contributed by atoms with E-state index in [0.717, 1.165) is 12.2 Å². The molecule has 0 aliphatic rings. The third-order valence-corrected chi connectivity index (χ3v) is 0.931. The van der Waals surface area contributed by atoms with Gasteiger partial charge in [0, 0.05) is 6.42 Å². The summed E-state index contributed by atoms with van der Waals surface area (Å²) in [5, 5.41) is 13.2. The van der Waals surface area contributed by atoms with E-state index in [1.807, 2.05) is 6.92 Å². The van der Waals surface area contributed by atoms with Crippen molar-refractivity contribution in [3.8, 4) is 0 Å². The summed E-state index contributed by atoms with van der Waals surface area (Å²) in [5.74, 6) is 1.16. The predicted molar refractivity (Wildman–Crippen MR) is 32.4 cm³/mol. The Morgan fingerprint density at radius 1 is 1.78 bits per heavy atom. The molecule has 1 rings (SSSR count). The number of hydrogen-bond acceptors (Lipinski definition) is 3. The van der Waals surface area contributed by atoms with Crippen molar-refractivity contribution in [3.63, 3.8) is 0 Å². The van der Waals surface area contributed by atoms with Gasteiger partial charge in [-0.15, -0.1) is 5.10 Å². The zero-order valence-corrected chi connectivity index (χ0v) is 5.33. The molecule has 0 amide bonds. The second-order valence-electron chi connectivity index (χ2n) is 2.16. The fourth-order valence-electron chi connectivity index (χ4n) is 0.595. The smallest absolute Gasteiger partial charge is 0.148 e. The van der Waals surface area contributed by atoms with Crippen molar-refractivity contribution in [2.45, 2.75) is 13.3 Å². The minimum absolute atomic E-state index is 0.361. The van der Waals surface area contributed by atoms with Gasteiger partial charge in [-0.3, -0.25) is 0 Å². The fraction of sp³-hybridized carbons (Fsp3) is 0.600. The van der Waals surface area contributed by atoms with Gasteiger partial charge in [0.1, 0.15) is 5.82 Å². The molecule has 49 valence electrons. The van der Waals surface area contributed by atoms with Gasteiger partial charge in [0.15, 0.2) is 0 Å². The summed E-state index contributed by atoms with van der Waals surface area (Å²) in [4.78, 5) is 0. The van der Waals surface area contributed by atoms with Crippen molar-refractivity contribution in [1.29, 1.82) is 0 Å². The van der Waals surface area contributed by atoms with Crippen LogP contribution in [0, 0.1) is 12.8 Å². The molecule has 1 aromatic rings. The minimum atomic E-state index is 0.361. The van der Waals surface area contributed by atoms with Crippen LogP contribution in [0.15, 0.2) is 0 Å². The maximum absolute atomic E-state index is 3.80. The summed E-state index contributed by atoms with van der Waals surface area (Å²) in [7, 11) is 0. The number of nitrogens with one attached hydrogen (secondary N) is 1. The first-order valence-corrected chi connectivity index (χ1v) is 2.84. The van der Waals surface area contributed by atoms with Crippen LogP contribution in [0.4, 0.5) is 0 Å². The van der Waals surface area contributed by atoms with Gasteiger partial charge < -0.3 is 0 Å². The van der Waals surface area contributed by atoms with Crippen LogP contribution in [0.5, 0.6) is 0 Å². The molecule has 0 aliphatic heterocycles. The van der Waals surface area contributed by atoms with Crippen molar-refractivity contribution in [2.24, 2.45) is 5.92 Å². The van der Waals surface area contributed by atoms with E-state index in [4.69, 9.17) is 0 Å². The highest BCUT2D eigenvalue weighted by Crippen LogP contribution is 1.97. The third-order valence-electron chi connectivity index (χ3n) is 0.931. The average molecular weight is 125 g/mol. The van der Waals surface area contributed by atoms with Crippen molar-refractivity contribution < 1.29 is 0 Å². The molecule has 4 nitrogen and oxygen atoms in total. The zero-order valence-electron chi connectivity index (χ0n) is 5.33. The van der Waals surface area contributed by atoms with Gasteiger partial charge in [0.05, 0.1) is 0 Å². The highest BCUT2D eigenvalue weighted by molar-refractivity contribution is 4.79. The maximum Gasteiger partial charge on any atom is 0.148 e. The Hall–Kier alpha value is -0.930. The number of aromatic nitrogens is 4. The van der Waals surface area contributed by atoms with E-state index in [0.29, 0.717) is 5.92 Å². The molecule has 1 radical (unpaired) electrons. The standard InChI is InChI=1S/C5H9N4/c1-4(2)3-5-6-8-9-7-5/h4H,1,3H2,2H3,(H,6,7,8,9). The van der Waals surface area contributed by atoms with Crippen molar-refractivity contribution >= 4 is 0 Å². The summed E-state index contributed by atoms with van der Waals surface area (Å²) in [5.41, 5.74) is 0. The predicted octanol–water partition coefficient (Wildman–Crippen LogP) is 0.212. The Labute approximate surface area is 53.7 Å². The molecule has 4 heteroatoms. The van der Waals surface area contributed by atoms with Crippen molar-refractivity contribution in [1.82, 2.24) is 20.6 Å². The molecule has 1 unspecified atom stereocenters. The van der Waals surface area contributed by atoms with E-state index in [1.165, 1.54) is 0 Å². The number of aromatic amines is 1. The van der Waals surface area contributed by atoms with Crippen LogP contribution in [0.3, 0.4) is 0 Å². The lowest BCUT2D eigenvalue weighted by Crippen LogP contribution is -1.96. The van der Waals surface area contributed by atoms with Crippen LogP contribution in [-0.2, 0) is 6.42 Å². The van der Waals surface area contributed by atoms with Crippen LogP contribution in [0.2, 0.25) is 0 Å². The minimum Gasteiger partial charge on any atom is -0.243 e. The largest absolute Gasteiger partial charge is 0.243 e. The van der Waals surface area contributed by atoms with Gasteiger partial charge in [-0.1, -0.05) is 13.8 Å². The SMILES string of the molecule is [CH2]C(C)Cc1nnn[nH]1. The number of tetrazole rings is 1. The Balaban J connectivity index is 2.48. The van der Waals surface area contributed by atoms with Crippen LogP contribution >= 0.6 is 0 Å². The molecule has 0 saturated carbocycles. The lowest BCUT2D eigenvalue weighted by atomic mass is 10.1. The average Bonchev–Trinajstić information content (AvgIpc) is 2.15. The monoisotopic (exact) mass is 125 g/mol. The summed E-state index contributed by atoms with van der Waals surface area (Å²) in [6, 6.07) is 0. The number of hydrogen-bond donors (Lipinski definition) is 1. The zero-order chi connectivity index (χ0) is 6.69. The van der Waals surface area contributed by atoms with E-state index in [2.05, 4.69) is 27.5 Å². The van der Waals surface area contributed by atoms with E-state index < -0.39 is 0 Å². The van der Waals surface area contributed by atoms with E-state index in [1.54, 1.807) is 0 Å². The van der Waals surface area contributed by atoms with Crippen LogP contribution in [0.25, 0.3) is 0 Å². The second kappa shape index (κ2) is 2.57.